The van der Waals surface area contributed by atoms with Crippen LogP contribution in [0.1, 0.15) is 21.6 Å². The molecule has 1 aromatic heterocycles. The molecule has 0 aliphatic heterocycles. The molecule has 4 nitrogen and oxygen atoms in total. The van der Waals surface area contributed by atoms with E-state index < -0.39 is 0 Å². The molecule has 2 aromatic rings. The van der Waals surface area contributed by atoms with E-state index in [-0.39, 0.29) is 5.91 Å². The normalized spacial score (nSPS) is 10.4. The maximum Gasteiger partial charge on any atom is 0.256 e. The summed E-state index contributed by atoms with van der Waals surface area (Å²) in [5.41, 5.74) is 2.56. The number of rotatable bonds is 3. The average molecular weight is 261 g/mol. The fourth-order valence-electron chi connectivity index (χ4n) is 1.53. The van der Waals surface area contributed by atoms with Crippen molar-refractivity contribution < 1.29 is 4.79 Å². The third-order valence-corrected chi connectivity index (χ3v) is 3.58. The highest BCUT2D eigenvalue weighted by Crippen LogP contribution is 2.17. The zero-order valence-corrected chi connectivity index (χ0v) is 11.4. The van der Waals surface area contributed by atoms with Crippen LogP contribution in [0.3, 0.4) is 0 Å². The van der Waals surface area contributed by atoms with Gasteiger partial charge in [-0.2, -0.15) is 5.10 Å². The monoisotopic (exact) mass is 261 g/mol. The van der Waals surface area contributed by atoms with Gasteiger partial charge in [0, 0.05) is 21.7 Å². The third-order valence-electron chi connectivity index (χ3n) is 2.84. The van der Waals surface area contributed by atoms with Crippen LogP contribution in [0.2, 0.25) is 0 Å². The number of thioether (sulfide) groups is 1. The Kier molecular flexibility index (Phi) is 3.72. The number of nitrogens with zero attached hydrogens (tertiary/aromatic N) is 1. The van der Waals surface area contributed by atoms with Crippen molar-refractivity contribution in [2.75, 3.05) is 11.6 Å². The highest BCUT2D eigenvalue weighted by molar-refractivity contribution is 7.98. The third kappa shape index (κ3) is 2.56. The Bertz CT molecular complexity index is 560. The number of H-pyrrole nitrogens is 1. The second kappa shape index (κ2) is 5.27. The topological polar surface area (TPSA) is 57.8 Å². The number of benzene rings is 1. The summed E-state index contributed by atoms with van der Waals surface area (Å²) < 4.78 is 0. The number of aromatic nitrogens is 2. The molecule has 18 heavy (non-hydrogen) atoms. The number of carbonyl (C=O) groups is 1. The number of carbonyl (C=O) groups excluding carboxylic acids is 1. The Labute approximate surface area is 110 Å². The Balaban J connectivity index is 2.14. The van der Waals surface area contributed by atoms with Gasteiger partial charge in [0.05, 0.1) is 0 Å². The Morgan fingerprint density at radius 2 is 1.94 bits per heavy atom. The van der Waals surface area contributed by atoms with Gasteiger partial charge in [-0.3, -0.25) is 9.89 Å². The lowest BCUT2D eigenvalue weighted by Crippen LogP contribution is -2.12. The Hall–Kier alpha value is -1.75. The number of aromatic amines is 1. The zero-order valence-electron chi connectivity index (χ0n) is 10.6. The first-order chi connectivity index (χ1) is 8.61. The minimum atomic E-state index is -0.141. The summed E-state index contributed by atoms with van der Waals surface area (Å²) in [5, 5.41) is 9.69. The van der Waals surface area contributed by atoms with E-state index in [4.69, 9.17) is 0 Å². The van der Waals surface area contributed by atoms with Crippen molar-refractivity contribution in [3.05, 3.63) is 41.1 Å². The van der Waals surface area contributed by atoms with Crippen molar-refractivity contribution >= 4 is 23.5 Å². The molecule has 1 amide bonds. The molecule has 0 saturated heterocycles. The van der Waals surface area contributed by atoms with Crippen LogP contribution in [-0.2, 0) is 0 Å². The molecular formula is C13H15N3OS. The molecule has 94 valence electrons. The molecule has 0 saturated carbocycles. The molecule has 0 atom stereocenters. The minimum Gasteiger partial charge on any atom is -0.305 e. The average Bonchev–Trinajstić information content (AvgIpc) is 2.71. The van der Waals surface area contributed by atoms with Crippen molar-refractivity contribution in [2.24, 2.45) is 0 Å². The van der Waals surface area contributed by atoms with Gasteiger partial charge < -0.3 is 5.32 Å². The van der Waals surface area contributed by atoms with Crippen molar-refractivity contribution in [1.82, 2.24) is 10.2 Å². The number of nitrogens with one attached hydrogen (secondary N) is 2. The van der Waals surface area contributed by atoms with E-state index in [1.807, 2.05) is 44.4 Å². The van der Waals surface area contributed by atoms with Crippen molar-refractivity contribution in [1.29, 1.82) is 0 Å². The second-order valence-corrected chi connectivity index (χ2v) is 4.88. The molecule has 1 aromatic carbocycles. The SMILES string of the molecule is CSc1ccc(C(=O)Nc2n[nH]c(C)c2C)cc1. The fraction of sp³-hybridized carbons (Fsp3) is 0.231. The predicted molar refractivity (Wildman–Crippen MR) is 74.2 cm³/mol. The summed E-state index contributed by atoms with van der Waals surface area (Å²) in [4.78, 5) is 13.1. The van der Waals surface area contributed by atoms with Crippen molar-refractivity contribution in [3.8, 4) is 0 Å². The molecule has 2 rings (SSSR count). The number of hydrogen-bond donors (Lipinski definition) is 2. The summed E-state index contributed by atoms with van der Waals surface area (Å²) in [6.07, 6.45) is 2.00. The van der Waals surface area contributed by atoms with Gasteiger partial charge in [-0.1, -0.05) is 0 Å². The lowest BCUT2D eigenvalue weighted by atomic mass is 10.2. The van der Waals surface area contributed by atoms with Gasteiger partial charge in [0.25, 0.3) is 5.91 Å². The number of hydrogen-bond acceptors (Lipinski definition) is 3. The Morgan fingerprint density at radius 3 is 2.44 bits per heavy atom. The molecule has 5 heteroatoms. The quantitative estimate of drug-likeness (QED) is 0.835. The first-order valence-corrected chi connectivity index (χ1v) is 6.81. The molecule has 0 spiro atoms. The summed E-state index contributed by atoms with van der Waals surface area (Å²) in [5.74, 6) is 0.448. The highest BCUT2D eigenvalue weighted by atomic mass is 32.2. The van der Waals surface area contributed by atoms with E-state index in [0.29, 0.717) is 11.4 Å². The van der Waals surface area contributed by atoms with E-state index in [1.54, 1.807) is 11.8 Å². The molecule has 2 N–H and O–H groups in total. The van der Waals surface area contributed by atoms with Gasteiger partial charge in [-0.25, -0.2) is 0 Å². The maximum absolute atomic E-state index is 12.0. The summed E-state index contributed by atoms with van der Waals surface area (Å²) >= 11 is 1.65. The lowest BCUT2D eigenvalue weighted by molar-refractivity contribution is 0.102. The molecule has 0 unspecified atom stereocenters. The Morgan fingerprint density at radius 1 is 1.28 bits per heavy atom. The summed E-state index contributed by atoms with van der Waals surface area (Å²) in [7, 11) is 0. The number of amides is 1. The first kappa shape index (κ1) is 12.7. The predicted octanol–water partition coefficient (Wildman–Crippen LogP) is 3.00. The summed E-state index contributed by atoms with van der Waals surface area (Å²) in [6.45, 7) is 3.84. The summed E-state index contributed by atoms with van der Waals surface area (Å²) in [6, 6.07) is 7.50. The van der Waals surface area contributed by atoms with E-state index >= 15 is 0 Å². The van der Waals surface area contributed by atoms with Crippen molar-refractivity contribution in [2.45, 2.75) is 18.7 Å². The smallest absolute Gasteiger partial charge is 0.256 e. The highest BCUT2D eigenvalue weighted by Gasteiger charge is 2.11. The van der Waals surface area contributed by atoms with Crippen LogP contribution in [0.4, 0.5) is 5.82 Å². The van der Waals surface area contributed by atoms with Crippen LogP contribution in [0.15, 0.2) is 29.2 Å². The van der Waals surface area contributed by atoms with Gasteiger partial charge in [-0.15, -0.1) is 11.8 Å². The van der Waals surface area contributed by atoms with Crippen LogP contribution >= 0.6 is 11.8 Å². The molecule has 0 aliphatic carbocycles. The number of anilines is 1. The molecule has 0 aliphatic rings. The molecule has 0 bridgehead atoms. The maximum atomic E-state index is 12.0. The van der Waals surface area contributed by atoms with Crippen LogP contribution in [0.25, 0.3) is 0 Å². The molecule has 1 heterocycles. The van der Waals surface area contributed by atoms with E-state index in [9.17, 15) is 4.79 Å². The standard InChI is InChI=1S/C13H15N3OS/c1-8-9(2)15-16-12(8)14-13(17)10-4-6-11(18-3)7-5-10/h4-7H,1-3H3,(H2,14,15,16,17). The largest absolute Gasteiger partial charge is 0.305 e. The second-order valence-electron chi connectivity index (χ2n) is 4.00. The fourth-order valence-corrected chi connectivity index (χ4v) is 1.94. The van der Waals surface area contributed by atoms with Gasteiger partial charge in [0.2, 0.25) is 0 Å². The van der Waals surface area contributed by atoms with E-state index in [0.717, 1.165) is 16.2 Å². The number of aryl methyl sites for hydroxylation is 1. The van der Waals surface area contributed by atoms with Gasteiger partial charge in [-0.05, 0) is 44.4 Å². The van der Waals surface area contributed by atoms with Crippen molar-refractivity contribution in [3.63, 3.8) is 0 Å². The lowest BCUT2D eigenvalue weighted by Gasteiger charge is -2.04. The van der Waals surface area contributed by atoms with Gasteiger partial charge in [0.15, 0.2) is 5.82 Å². The van der Waals surface area contributed by atoms with E-state index in [1.165, 1.54) is 0 Å². The van der Waals surface area contributed by atoms with Gasteiger partial charge in [0.1, 0.15) is 0 Å². The molecule has 0 fully saturated rings. The minimum absolute atomic E-state index is 0.141. The van der Waals surface area contributed by atoms with Crippen LogP contribution in [0, 0.1) is 13.8 Å². The van der Waals surface area contributed by atoms with E-state index in [2.05, 4.69) is 15.5 Å². The first-order valence-electron chi connectivity index (χ1n) is 5.59. The van der Waals surface area contributed by atoms with Crippen LogP contribution < -0.4 is 5.32 Å². The molecule has 0 radical (unpaired) electrons. The van der Waals surface area contributed by atoms with Crippen LogP contribution in [-0.4, -0.2) is 22.4 Å². The van der Waals surface area contributed by atoms with Gasteiger partial charge >= 0.3 is 0 Å². The molecular weight excluding hydrogens is 246 g/mol. The van der Waals surface area contributed by atoms with Crippen LogP contribution in [0.5, 0.6) is 0 Å². The zero-order chi connectivity index (χ0) is 13.1.